The lowest BCUT2D eigenvalue weighted by atomic mass is 10.1. The molecule has 0 aliphatic carbocycles. The smallest absolute Gasteiger partial charge is 0.341 e. The average molecular weight is 344 g/mol. The molecule has 128 valence electrons. The molecule has 2 heterocycles. The van der Waals surface area contributed by atoms with E-state index in [9.17, 15) is 17.2 Å². The van der Waals surface area contributed by atoms with Crippen molar-refractivity contribution >= 4 is 15.5 Å². The summed E-state index contributed by atoms with van der Waals surface area (Å²) in [5, 5.41) is 0. The van der Waals surface area contributed by atoms with E-state index in [1.807, 2.05) is 0 Å². The van der Waals surface area contributed by atoms with Crippen molar-refractivity contribution in [2.45, 2.75) is 48.9 Å². The summed E-state index contributed by atoms with van der Waals surface area (Å²) in [6.45, 7) is 5.27. The van der Waals surface area contributed by atoms with Crippen molar-refractivity contribution in [3.8, 4) is 0 Å². The van der Waals surface area contributed by atoms with Crippen LogP contribution in [-0.2, 0) is 9.84 Å². The minimum absolute atomic E-state index is 0.311. The number of benzene rings is 1. The summed E-state index contributed by atoms with van der Waals surface area (Å²) in [6, 6.07) is 6.82. The molecule has 23 heavy (non-hydrogen) atoms. The molecular formula is C16H22F2N2O2S. The molecule has 0 spiro atoms. The van der Waals surface area contributed by atoms with Gasteiger partial charge in [0.05, 0.1) is 4.90 Å². The Morgan fingerprint density at radius 3 is 2.39 bits per heavy atom. The van der Waals surface area contributed by atoms with E-state index in [-0.39, 0.29) is 4.90 Å². The van der Waals surface area contributed by atoms with Gasteiger partial charge in [-0.15, -0.1) is 0 Å². The van der Waals surface area contributed by atoms with Gasteiger partial charge in [-0.3, -0.25) is 0 Å². The largest absolute Gasteiger partial charge is 0.364 e. The zero-order chi connectivity index (χ0) is 16.6. The molecule has 2 aliphatic heterocycles. The number of alkyl halides is 2. The van der Waals surface area contributed by atoms with Crippen molar-refractivity contribution < 1.29 is 17.2 Å². The van der Waals surface area contributed by atoms with Gasteiger partial charge in [-0.25, -0.2) is 8.42 Å². The second kappa shape index (κ2) is 6.36. The summed E-state index contributed by atoms with van der Waals surface area (Å²) < 4.78 is 48.3. The van der Waals surface area contributed by atoms with Crippen LogP contribution < -0.4 is 4.90 Å². The highest BCUT2D eigenvalue weighted by molar-refractivity contribution is 7.91. The number of likely N-dealkylation sites (tertiary alicyclic amines) is 1. The van der Waals surface area contributed by atoms with Gasteiger partial charge in [0, 0.05) is 30.9 Å². The number of likely N-dealkylation sites (N-methyl/N-ethyl adjacent to an activating group) is 1. The van der Waals surface area contributed by atoms with E-state index in [4.69, 9.17) is 0 Å². The van der Waals surface area contributed by atoms with Crippen LogP contribution in [0.15, 0.2) is 29.2 Å². The van der Waals surface area contributed by atoms with Crippen LogP contribution in [0, 0.1) is 0 Å². The number of anilines is 1. The standard InChI is InChI=1S/C16H22F2N2O2S/c1-2-19-10-9-13-3-4-14(11-19)20(13)12-5-7-15(8-6-12)23(21,22)16(17)18/h5-8,13-14,16H,2-4,9-11H2,1H3. The van der Waals surface area contributed by atoms with E-state index in [0.29, 0.717) is 12.1 Å². The zero-order valence-electron chi connectivity index (χ0n) is 13.2. The maximum absolute atomic E-state index is 12.6. The molecule has 0 saturated carbocycles. The molecular weight excluding hydrogens is 322 g/mol. The van der Waals surface area contributed by atoms with E-state index in [0.717, 1.165) is 44.6 Å². The van der Waals surface area contributed by atoms with Crippen molar-refractivity contribution in [3.05, 3.63) is 24.3 Å². The number of rotatable bonds is 4. The maximum atomic E-state index is 12.6. The topological polar surface area (TPSA) is 40.6 Å². The Hall–Kier alpha value is -1.21. The maximum Gasteiger partial charge on any atom is 0.341 e. The molecule has 2 saturated heterocycles. The Morgan fingerprint density at radius 1 is 1.13 bits per heavy atom. The van der Waals surface area contributed by atoms with Gasteiger partial charge in [0.15, 0.2) is 0 Å². The van der Waals surface area contributed by atoms with Gasteiger partial charge in [0.1, 0.15) is 0 Å². The normalized spacial score (nSPS) is 25.8. The predicted molar refractivity (Wildman–Crippen MR) is 85.7 cm³/mol. The van der Waals surface area contributed by atoms with E-state index < -0.39 is 15.6 Å². The van der Waals surface area contributed by atoms with Crippen molar-refractivity contribution in [3.63, 3.8) is 0 Å². The Bertz CT molecular complexity index is 649. The molecule has 2 aliphatic rings. The highest BCUT2D eigenvalue weighted by atomic mass is 32.2. The van der Waals surface area contributed by atoms with Gasteiger partial charge in [-0.1, -0.05) is 6.92 Å². The zero-order valence-corrected chi connectivity index (χ0v) is 14.0. The van der Waals surface area contributed by atoms with Crippen molar-refractivity contribution in [1.82, 2.24) is 4.90 Å². The first-order valence-electron chi connectivity index (χ1n) is 8.06. The van der Waals surface area contributed by atoms with Crippen molar-refractivity contribution in [1.29, 1.82) is 0 Å². The van der Waals surface area contributed by atoms with Crippen molar-refractivity contribution in [2.75, 3.05) is 24.5 Å². The lowest BCUT2D eigenvalue weighted by Gasteiger charge is -2.31. The number of hydrogen-bond donors (Lipinski definition) is 0. The highest BCUT2D eigenvalue weighted by Crippen LogP contribution is 2.35. The summed E-state index contributed by atoms with van der Waals surface area (Å²) in [7, 11) is -4.52. The number of nitrogens with zero attached hydrogens (tertiary/aromatic N) is 2. The van der Waals surface area contributed by atoms with Crippen LogP contribution in [0.5, 0.6) is 0 Å². The third-order valence-electron chi connectivity index (χ3n) is 5.01. The first kappa shape index (κ1) is 16.6. The van der Waals surface area contributed by atoms with Crippen LogP contribution in [0.3, 0.4) is 0 Å². The molecule has 2 bridgehead atoms. The molecule has 0 aromatic heterocycles. The third-order valence-corrected chi connectivity index (χ3v) is 6.41. The van der Waals surface area contributed by atoms with Gasteiger partial charge in [-0.05, 0) is 50.1 Å². The van der Waals surface area contributed by atoms with Crippen LogP contribution in [0.2, 0.25) is 0 Å². The number of sulfone groups is 1. The number of hydrogen-bond acceptors (Lipinski definition) is 4. The Kier molecular flexibility index (Phi) is 4.60. The fraction of sp³-hybridized carbons (Fsp3) is 0.625. The monoisotopic (exact) mass is 344 g/mol. The van der Waals surface area contributed by atoms with Crippen LogP contribution >= 0.6 is 0 Å². The fourth-order valence-corrected chi connectivity index (χ4v) is 4.49. The molecule has 0 N–H and O–H groups in total. The second-order valence-corrected chi connectivity index (χ2v) is 8.19. The SMILES string of the molecule is CCN1CCC2CCC(C1)N2c1ccc(S(=O)(=O)C(F)F)cc1. The number of fused-ring (bicyclic) bond motifs is 2. The van der Waals surface area contributed by atoms with Crippen LogP contribution in [0.1, 0.15) is 26.2 Å². The average Bonchev–Trinajstić information content (AvgIpc) is 2.82. The minimum Gasteiger partial charge on any atom is -0.364 e. The van der Waals surface area contributed by atoms with Crippen LogP contribution in [0.4, 0.5) is 14.5 Å². The Morgan fingerprint density at radius 2 is 1.78 bits per heavy atom. The first-order chi connectivity index (χ1) is 10.9. The molecule has 0 amide bonds. The van der Waals surface area contributed by atoms with Gasteiger partial charge >= 0.3 is 5.76 Å². The Balaban J connectivity index is 1.85. The van der Waals surface area contributed by atoms with Crippen LogP contribution in [0.25, 0.3) is 0 Å². The van der Waals surface area contributed by atoms with Crippen LogP contribution in [-0.4, -0.2) is 50.8 Å². The molecule has 0 radical (unpaired) electrons. The second-order valence-electron chi connectivity index (χ2n) is 6.27. The summed E-state index contributed by atoms with van der Waals surface area (Å²) in [6.07, 6.45) is 3.35. The Labute approximate surface area is 136 Å². The first-order valence-corrected chi connectivity index (χ1v) is 9.61. The van der Waals surface area contributed by atoms with Gasteiger partial charge < -0.3 is 9.80 Å². The van der Waals surface area contributed by atoms with Gasteiger partial charge in [-0.2, -0.15) is 8.78 Å². The molecule has 4 nitrogen and oxygen atoms in total. The summed E-state index contributed by atoms with van der Waals surface area (Å²) in [5.74, 6) is -3.37. The van der Waals surface area contributed by atoms with Gasteiger partial charge in [0.25, 0.3) is 0 Å². The lowest BCUT2D eigenvalue weighted by molar-refractivity contribution is 0.234. The summed E-state index contributed by atoms with van der Waals surface area (Å²) in [4.78, 5) is 4.48. The molecule has 2 atom stereocenters. The third kappa shape index (κ3) is 3.08. The minimum atomic E-state index is -4.52. The van der Waals surface area contributed by atoms with Crippen molar-refractivity contribution in [2.24, 2.45) is 0 Å². The molecule has 3 rings (SSSR count). The summed E-state index contributed by atoms with van der Waals surface area (Å²) >= 11 is 0. The molecule has 1 aromatic rings. The van der Waals surface area contributed by atoms with Gasteiger partial charge in [0.2, 0.25) is 9.84 Å². The predicted octanol–water partition coefficient (Wildman–Crippen LogP) is 2.75. The van der Waals surface area contributed by atoms with E-state index in [1.54, 1.807) is 12.1 Å². The summed E-state index contributed by atoms with van der Waals surface area (Å²) in [5.41, 5.74) is 0.934. The quantitative estimate of drug-likeness (QED) is 0.842. The molecule has 2 unspecified atom stereocenters. The highest BCUT2D eigenvalue weighted by Gasteiger charge is 2.37. The van der Waals surface area contributed by atoms with E-state index in [1.165, 1.54) is 12.1 Å². The number of halogens is 2. The lowest BCUT2D eigenvalue weighted by Crippen LogP contribution is -2.39. The van der Waals surface area contributed by atoms with E-state index in [2.05, 4.69) is 16.7 Å². The van der Waals surface area contributed by atoms with E-state index >= 15 is 0 Å². The molecule has 7 heteroatoms. The molecule has 2 fully saturated rings. The molecule has 1 aromatic carbocycles. The fourth-order valence-electron chi connectivity index (χ4n) is 3.76.